The number of rotatable bonds is 5. The maximum atomic E-state index is 12.1. The van der Waals surface area contributed by atoms with Gasteiger partial charge in [0, 0.05) is 6.04 Å². The minimum Gasteiger partial charge on any atom is -0.491 e. The quantitative estimate of drug-likeness (QED) is 0.798. The first kappa shape index (κ1) is 13.6. The van der Waals surface area contributed by atoms with Crippen molar-refractivity contribution in [2.45, 2.75) is 25.8 Å². The molecular formula is C15H20N2O2. The van der Waals surface area contributed by atoms with Crippen molar-refractivity contribution in [2.75, 3.05) is 11.9 Å². The van der Waals surface area contributed by atoms with E-state index in [2.05, 4.69) is 5.32 Å². The molecule has 2 unspecified atom stereocenters. The van der Waals surface area contributed by atoms with Crippen LogP contribution in [0.2, 0.25) is 0 Å². The molecule has 0 bridgehead atoms. The molecule has 19 heavy (non-hydrogen) atoms. The summed E-state index contributed by atoms with van der Waals surface area (Å²) in [4.78, 5) is 12.1. The Hall–Kier alpha value is -1.81. The van der Waals surface area contributed by atoms with Crippen molar-refractivity contribution >= 4 is 11.6 Å². The molecule has 0 fully saturated rings. The van der Waals surface area contributed by atoms with Crippen molar-refractivity contribution in [3.8, 4) is 5.75 Å². The fraction of sp³-hybridized carbons (Fsp3) is 0.400. The van der Waals surface area contributed by atoms with Crippen LogP contribution in [0.5, 0.6) is 5.75 Å². The van der Waals surface area contributed by atoms with Crippen LogP contribution in [0.25, 0.3) is 0 Å². The first-order valence-electron chi connectivity index (χ1n) is 6.67. The lowest BCUT2D eigenvalue weighted by Gasteiger charge is -2.14. The van der Waals surface area contributed by atoms with Crippen LogP contribution in [0, 0.1) is 5.92 Å². The molecule has 1 aromatic rings. The molecule has 0 radical (unpaired) electrons. The van der Waals surface area contributed by atoms with Crippen LogP contribution in [0.15, 0.2) is 36.4 Å². The first-order valence-corrected chi connectivity index (χ1v) is 6.67. The summed E-state index contributed by atoms with van der Waals surface area (Å²) >= 11 is 0. The van der Waals surface area contributed by atoms with E-state index in [0.717, 1.165) is 12.1 Å². The molecule has 4 heteroatoms. The van der Waals surface area contributed by atoms with Crippen molar-refractivity contribution in [1.82, 2.24) is 0 Å². The van der Waals surface area contributed by atoms with Crippen LogP contribution in [0.4, 0.5) is 5.69 Å². The molecule has 1 aromatic carbocycles. The van der Waals surface area contributed by atoms with Gasteiger partial charge in [0.25, 0.3) is 0 Å². The lowest BCUT2D eigenvalue weighted by Crippen LogP contribution is -2.24. The number of carbonyl (C=O) groups excluding carboxylic acids is 1. The summed E-state index contributed by atoms with van der Waals surface area (Å²) in [5.74, 6) is 0.537. The second-order valence-corrected chi connectivity index (χ2v) is 4.72. The number of nitrogens with one attached hydrogen (secondary N) is 1. The molecule has 102 valence electrons. The molecule has 1 aliphatic carbocycles. The van der Waals surface area contributed by atoms with Crippen LogP contribution < -0.4 is 15.8 Å². The topological polar surface area (TPSA) is 64.3 Å². The highest BCUT2D eigenvalue weighted by molar-refractivity contribution is 5.95. The Labute approximate surface area is 113 Å². The van der Waals surface area contributed by atoms with Crippen molar-refractivity contribution in [1.29, 1.82) is 0 Å². The lowest BCUT2D eigenvalue weighted by atomic mass is 10.1. The zero-order valence-corrected chi connectivity index (χ0v) is 11.1. The van der Waals surface area contributed by atoms with E-state index in [1.807, 2.05) is 43.3 Å². The maximum Gasteiger partial charge on any atom is 0.231 e. The standard InChI is InChI=1S/C15H20N2O2/c1-2-9-19-14-6-4-3-5-13(14)17-15(18)11-7-8-12(16)10-11/h3-8,11-12H,2,9-10,16H2,1H3,(H,17,18). The zero-order valence-electron chi connectivity index (χ0n) is 11.1. The molecule has 1 aliphatic rings. The van der Waals surface area contributed by atoms with Crippen LogP contribution in [0.1, 0.15) is 19.8 Å². The van der Waals surface area contributed by atoms with Gasteiger partial charge in [-0.15, -0.1) is 0 Å². The van der Waals surface area contributed by atoms with Crippen molar-refractivity contribution in [3.63, 3.8) is 0 Å². The Morgan fingerprint density at radius 1 is 1.42 bits per heavy atom. The third kappa shape index (κ3) is 3.58. The van der Waals surface area contributed by atoms with Crippen molar-refractivity contribution in [3.05, 3.63) is 36.4 Å². The summed E-state index contributed by atoms with van der Waals surface area (Å²) in [5, 5.41) is 2.91. The largest absolute Gasteiger partial charge is 0.491 e. The molecular weight excluding hydrogens is 240 g/mol. The van der Waals surface area contributed by atoms with E-state index in [9.17, 15) is 4.79 Å². The molecule has 0 spiro atoms. The van der Waals surface area contributed by atoms with E-state index in [1.165, 1.54) is 0 Å². The highest BCUT2D eigenvalue weighted by atomic mass is 16.5. The van der Waals surface area contributed by atoms with Gasteiger partial charge in [0.1, 0.15) is 5.75 Å². The second kappa shape index (κ2) is 6.38. The van der Waals surface area contributed by atoms with E-state index in [-0.39, 0.29) is 17.9 Å². The molecule has 0 heterocycles. The fourth-order valence-electron chi connectivity index (χ4n) is 2.05. The molecule has 1 amide bonds. The smallest absolute Gasteiger partial charge is 0.231 e. The summed E-state index contributed by atoms with van der Waals surface area (Å²) in [6, 6.07) is 7.47. The molecule has 0 aliphatic heterocycles. The SMILES string of the molecule is CCCOc1ccccc1NC(=O)C1C=CC(N)C1. The Kier molecular flexibility index (Phi) is 4.58. The maximum absolute atomic E-state index is 12.1. The monoisotopic (exact) mass is 260 g/mol. The highest BCUT2D eigenvalue weighted by Crippen LogP contribution is 2.26. The van der Waals surface area contributed by atoms with E-state index in [4.69, 9.17) is 10.5 Å². The summed E-state index contributed by atoms with van der Waals surface area (Å²) in [5.41, 5.74) is 6.48. The number of para-hydroxylation sites is 2. The summed E-state index contributed by atoms with van der Waals surface area (Å²) in [7, 11) is 0. The number of carbonyl (C=O) groups is 1. The van der Waals surface area contributed by atoms with Crippen LogP contribution in [0.3, 0.4) is 0 Å². The Bertz CT molecular complexity index is 471. The Morgan fingerprint density at radius 2 is 2.21 bits per heavy atom. The molecule has 4 nitrogen and oxygen atoms in total. The van der Waals surface area contributed by atoms with Gasteiger partial charge in [0.15, 0.2) is 0 Å². The predicted molar refractivity (Wildman–Crippen MR) is 76.1 cm³/mol. The third-order valence-electron chi connectivity index (χ3n) is 3.06. The van der Waals surface area contributed by atoms with Gasteiger partial charge in [-0.1, -0.05) is 31.2 Å². The molecule has 0 saturated heterocycles. The van der Waals surface area contributed by atoms with Gasteiger partial charge in [-0.3, -0.25) is 4.79 Å². The first-order chi connectivity index (χ1) is 9.20. The van der Waals surface area contributed by atoms with E-state index >= 15 is 0 Å². The number of nitrogens with two attached hydrogens (primary N) is 1. The number of ether oxygens (including phenoxy) is 1. The van der Waals surface area contributed by atoms with Crippen LogP contribution in [-0.4, -0.2) is 18.6 Å². The van der Waals surface area contributed by atoms with E-state index in [0.29, 0.717) is 18.8 Å². The summed E-state index contributed by atoms with van der Waals surface area (Å²) in [6.07, 6.45) is 5.35. The predicted octanol–water partition coefficient (Wildman–Crippen LogP) is 2.32. The molecule has 0 saturated carbocycles. The highest BCUT2D eigenvalue weighted by Gasteiger charge is 2.23. The molecule has 0 aromatic heterocycles. The summed E-state index contributed by atoms with van der Waals surface area (Å²) in [6.45, 7) is 2.69. The van der Waals surface area contributed by atoms with Gasteiger partial charge in [0.2, 0.25) is 5.91 Å². The minimum absolute atomic E-state index is 0.0117. The van der Waals surface area contributed by atoms with E-state index in [1.54, 1.807) is 0 Å². The average molecular weight is 260 g/mol. The van der Waals surface area contributed by atoms with Gasteiger partial charge in [-0.2, -0.15) is 0 Å². The van der Waals surface area contributed by atoms with Crippen LogP contribution >= 0.6 is 0 Å². The van der Waals surface area contributed by atoms with Gasteiger partial charge in [-0.05, 0) is 25.0 Å². The zero-order chi connectivity index (χ0) is 13.7. The summed E-state index contributed by atoms with van der Waals surface area (Å²) < 4.78 is 5.61. The van der Waals surface area contributed by atoms with Gasteiger partial charge >= 0.3 is 0 Å². The van der Waals surface area contributed by atoms with Gasteiger partial charge in [0.05, 0.1) is 18.2 Å². The third-order valence-corrected chi connectivity index (χ3v) is 3.06. The normalized spacial score (nSPS) is 21.4. The number of hydrogen-bond donors (Lipinski definition) is 2. The van der Waals surface area contributed by atoms with E-state index < -0.39 is 0 Å². The van der Waals surface area contributed by atoms with Crippen molar-refractivity contribution < 1.29 is 9.53 Å². The van der Waals surface area contributed by atoms with Gasteiger partial charge < -0.3 is 15.8 Å². The van der Waals surface area contributed by atoms with Crippen LogP contribution in [-0.2, 0) is 4.79 Å². The number of amides is 1. The molecule has 3 N–H and O–H groups in total. The number of anilines is 1. The lowest BCUT2D eigenvalue weighted by molar-refractivity contribution is -0.118. The van der Waals surface area contributed by atoms with Crippen molar-refractivity contribution in [2.24, 2.45) is 11.7 Å². The Balaban J connectivity index is 2.02. The fourth-order valence-corrected chi connectivity index (χ4v) is 2.05. The molecule has 2 atom stereocenters. The van der Waals surface area contributed by atoms with Gasteiger partial charge in [-0.25, -0.2) is 0 Å². The Morgan fingerprint density at radius 3 is 2.89 bits per heavy atom. The molecule has 2 rings (SSSR count). The average Bonchev–Trinajstić information content (AvgIpc) is 2.84. The number of hydrogen-bond acceptors (Lipinski definition) is 3. The number of benzene rings is 1. The second-order valence-electron chi connectivity index (χ2n) is 4.72. The minimum atomic E-state index is -0.144.